The Labute approximate surface area is 309 Å². The SMILES string of the molecule is CCC(Cc1ccccc1)(C(=O)c1ccc(N2CCOCC2)cc1)N(C)C.CCOC(C)=O.COC(OC)(C(=O)c1ccccc1)c1ccccc1. The van der Waals surface area contributed by atoms with Crippen molar-refractivity contribution in [1.82, 2.24) is 4.90 Å². The molecule has 0 spiro atoms. The first kappa shape index (κ1) is 41.7. The minimum absolute atomic E-state index is 0.187. The second kappa shape index (κ2) is 21.0. The Kier molecular flexibility index (Phi) is 16.9. The van der Waals surface area contributed by atoms with Crippen LogP contribution in [0.3, 0.4) is 0 Å². The Bertz CT molecular complexity index is 1640. The van der Waals surface area contributed by atoms with Gasteiger partial charge in [-0.15, -0.1) is 0 Å². The molecule has 1 heterocycles. The Morgan fingerprint density at radius 3 is 1.65 bits per heavy atom. The Balaban J connectivity index is 0.000000253. The summed E-state index contributed by atoms with van der Waals surface area (Å²) in [4.78, 5) is 40.4. The van der Waals surface area contributed by atoms with E-state index in [1.54, 1.807) is 19.1 Å². The fourth-order valence-corrected chi connectivity index (χ4v) is 6.17. The van der Waals surface area contributed by atoms with Gasteiger partial charge in [-0.2, -0.15) is 0 Å². The van der Waals surface area contributed by atoms with Gasteiger partial charge < -0.3 is 23.8 Å². The lowest BCUT2D eigenvalue weighted by molar-refractivity contribution is -0.176. The van der Waals surface area contributed by atoms with Crippen LogP contribution >= 0.6 is 0 Å². The number of anilines is 1. The molecule has 0 aliphatic carbocycles. The predicted molar refractivity (Wildman–Crippen MR) is 206 cm³/mol. The molecule has 9 nitrogen and oxygen atoms in total. The predicted octanol–water partition coefficient (Wildman–Crippen LogP) is 7.24. The molecule has 0 aromatic heterocycles. The van der Waals surface area contributed by atoms with Gasteiger partial charge in [-0.1, -0.05) is 97.9 Å². The third-order valence-corrected chi connectivity index (χ3v) is 9.12. The monoisotopic (exact) mass is 710 g/mol. The lowest BCUT2D eigenvalue weighted by Crippen LogP contribution is -2.52. The molecule has 0 bridgehead atoms. The van der Waals surface area contributed by atoms with Crippen LogP contribution in [0.25, 0.3) is 0 Å². The number of esters is 1. The van der Waals surface area contributed by atoms with Crippen molar-refractivity contribution in [3.63, 3.8) is 0 Å². The highest BCUT2D eigenvalue weighted by Crippen LogP contribution is 2.31. The van der Waals surface area contributed by atoms with Crippen molar-refractivity contribution in [2.45, 2.75) is 44.9 Å². The van der Waals surface area contributed by atoms with Gasteiger partial charge in [0.2, 0.25) is 5.78 Å². The summed E-state index contributed by atoms with van der Waals surface area (Å²) in [5.74, 6) is -1.64. The highest BCUT2D eigenvalue weighted by molar-refractivity contribution is 6.04. The largest absolute Gasteiger partial charge is 0.466 e. The van der Waals surface area contributed by atoms with E-state index in [0.29, 0.717) is 24.2 Å². The van der Waals surface area contributed by atoms with Crippen LogP contribution in [0.15, 0.2) is 115 Å². The number of Topliss-reactive ketones (excluding diaryl/α,β-unsaturated/α-hetero) is 2. The quantitative estimate of drug-likeness (QED) is 0.0809. The number of hydrogen-bond acceptors (Lipinski definition) is 9. The molecule has 4 aromatic rings. The van der Waals surface area contributed by atoms with Crippen LogP contribution in [0.5, 0.6) is 0 Å². The van der Waals surface area contributed by atoms with E-state index in [2.05, 4.69) is 45.7 Å². The molecule has 1 aliphatic heterocycles. The number of carbonyl (C=O) groups excluding carboxylic acids is 3. The van der Waals surface area contributed by atoms with Crippen LogP contribution in [0.4, 0.5) is 5.69 Å². The summed E-state index contributed by atoms with van der Waals surface area (Å²) in [5.41, 5.74) is 3.81. The van der Waals surface area contributed by atoms with E-state index >= 15 is 0 Å². The van der Waals surface area contributed by atoms with Crippen molar-refractivity contribution in [2.75, 3.05) is 66.1 Å². The summed E-state index contributed by atoms with van der Waals surface area (Å²) in [6.45, 7) is 9.08. The number of ketones is 2. The highest BCUT2D eigenvalue weighted by Gasteiger charge is 2.41. The van der Waals surface area contributed by atoms with E-state index in [0.717, 1.165) is 44.0 Å². The standard InChI is InChI=1S/C23H30N2O2.C16H16O3.C4H8O2/c1-4-23(24(2)3,18-19-8-6-5-7-9-19)22(26)20-10-12-21(13-11-20)25-14-16-27-17-15-25;1-18-16(19-2,14-11-7-4-8-12-14)15(17)13-9-5-3-6-10-13;1-3-6-4(2)5/h5-13H,4,14-18H2,1-3H3;3-12H,1-2H3;3H2,1-2H3. The zero-order valence-electron chi connectivity index (χ0n) is 31.7. The minimum atomic E-state index is -1.40. The lowest BCUT2D eigenvalue weighted by Gasteiger charge is -2.38. The maximum absolute atomic E-state index is 13.6. The van der Waals surface area contributed by atoms with Gasteiger partial charge in [0.25, 0.3) is 5.79 Å². The normalized spacial score (nSPS) is 13.8. The number of benzene rings is 4. The van der Waals surface area contributed by atoms with Crippen molar-refractivity contribution >= 4 is 23.2 Å². The number of morpholine rings is 1. The number of nitrogens with zero attached hydrogens (tertiary/aromatic N) is 2. The zero-order valence-corrected chi connectivity index (χ0v) is 31.7. The van der Waals surface area contributed by atoms with Crippen LogP contribution in [-0.4, -0.2) is 89.2 Å². The number of rotatable bonds is 13. The first-order valence-corrected chi connectivity index (χ1v) is 17.7. The summed E-state index contributed by atoms with van der Waals surface area (Å²) in [5, 5.41) is 0. The molecule has 1 saturated heterocycles. The molecule has 0 radical (unpaired) electrons. The molecule has 1 atom stereocenters. The Morgan fingerprint density at radius 2 is 1.21 bits per heavy atom. The van der Waals surface area contributed by atoms with Gasteiger partial charge in [0.05, 0.1) is 25.4 Å². The van der Waals surface area contributed by atoms with Crippen LogP contribution in [0.2, 0.25) is 0 Å². The van der Waals surface area contributed by atoms with E-state index < -0.39 is 11.3 Å². The van der Waals surface area contributed by atoms with Crippen molar-refractivity contribution < 1.29 is 33.3 Å². The van der Waals surface area contributed by atoms with Crippen LogP contribution in [0, 0.1) is 0 Å². The van der Waals surface area contributed by atoms with Crippen molar-refractivity contribution in [3.05, 3.63) is 138 Å². The van der Waals surface area contributed by atoms with E-state index in [4.69, 9.17) is 14.2 Å². The molecule has 0 saturated carbocycles. The topological polar surface area (TPSA) is 94.6 Å². The van der Waals surface area contributed by atoms with Crippen molar-refractivity contribution in [3.8, 4) is 0 Å². The fourth-order valence-electron chi connectivity index (χ4n) is 6.17. The van der Waals surface area contributed by atoms with Gasteiger partial charge in [0, 0.05) is 56.6 Å². The van der Waals surface area contributed by atoms with Crippen LogP contribution in [-0.2, 0) is 35.9 Å². The maximum Gasteiger partial charge on any atom is 0.302 e. The third-order valence-electron chi connectivity index (χ3n) is 9.12. The molecule has 4 aromatic carbocycles. The summed E-state index contributed by atoms with van der Waals surface area (Å²) in [6, 6.07) is 36.6. The first-order valence-electron chi connectivity index (χ1n) is 17.7. The van der Waals surface area contributed by atoms with E-state index in [1.807, 2.05) is 93.0 Å². The molecule has 1 aliphatic rings. The molecule has 1 unspecified atom stereocenters. The van der Waals surface area contributed by atoms with E-state index in [9.17, 15) is 14.4 Å². The van der Waals surface area contributed by atoms with Gasteiger partial charge in [0.15, 0.2) is 5.78 Å². The van der Waals surface area contributed by atoms with E-state index in [-0.39, 0.29) is 17.5 Å². The first-order chi connectivity index (χ1) is 25.1. The fraction of sp³-hybridized carbons (Fsp3) is 0.372. The smallest absolute Gasteiger partial charge is 0.302 e. The van der Waals surface area contributed by atoms with Crippen LogP contribution < -0.4 is 4.90 Å². The summed E-state index contributed by atoms with van der Waals surface area (Å²) < 4.78 is 20.7. The van der Waals surface area contributed by atoms with Gasteiger partial charge in [-0.25, -0.2) is 0 Å². The Hall–Kier alpha value is -4.67. The third kappa shape index (κ3) is 10.9. The van der Waals surface area contributed by atoms with Gasteiger partial charge in [-0.3, -0.25) is 19.3 Å². The molecule has 0 N–H and O–H groups in total. The summed E-state index contributed by atoms with van der Waals surface area (Å²) >= 11 is 0. The molecular weight excluding hydrogens is 656 g/mol. The second-order valence-electron chi connectivity index (χ2n) is 12.4. The average molecular weight is 711 g/mol. The molecule has 52 heavy (non-hydrogen) atoms. The summed E-state index contributed by atoms with van der Waals surface area (Å²) in [6.07, 6.45) is 1.47. The van der Waals surface area contributed by atoms with E-state index in [1.165, 1.54) is 26.7 Å². The molecular formula is C43H54N2O7. The highest BCUT2D eigenvalue weighted by atomic mass is 16.7. The lowest BCUT2D eigenvalue weighted by atomic mass is 9.80. The number of likely N-dealkylation sites (N-methyl/N-ethyl adjacent to an activating group) is 1. The number of methoxy groups -OCH3 is 2. The van der Waals surface area contributed by atoms with Gasteiger partial charge >= 0.3 is 5.97 Å². The molecule has 0 amide bonds. The number of carbonyl (C=O) groups is 3. The van der Waals surface area contributed by atoms with Crippen molar-refractivity contribution in [1.29, 1.82) is 0 Å². The summed E-state index contributed by atoms with van der Waals surface area (Å²) in [7, 11) is 6.95. The molecule has 5 rings (SSSR count). The molecule has 1 fully saturated rings. The Morgan fingerprint density at radius 1 is 0.712 bits per heavy atom. The van der Waals surface area contributed by atoms with Gasteiger partial charge in [-0.05, 0) is 63.7 Å². The molecule has 278 valence electrons. The number of hydrogen-bond donors (Lipinski definition) is 0. The van der Waals surface area contributed by atoms with Crippen molar-refractivity contribution in [2.24, 2.45) is 0 Å². The zero-order chi connectivity index (χ0) is 38.0. The maximum atomic E-state index is 13.6. The average Bonchev–Trinajstić information content (AvgIpc) is 3.19. The second-order valence-corrected chi connectivity index (χ2v) is 12.4. The van der Waals surface area contributed by atoms with Gasteiger partial charge in [0.1, 0.15) is 0 Å². The number of ether oxygens (including phenoxy) is 4. The van der Waals surface area contributed by atoms with Crippen LogP contribution in [0.1, 0.15) is 59.0 Å². The molecule has 9 heteroatoms. The minimum Gasteiger partial charge on any atom is -0.466 e.